The Labute approximate surface area is 247 Å². The summed E-state index contributed by atoms with van der Waals surface area (Å²) in [5, 5.41) is 10.1. The number of carbonyl (C=O) groups is 1. The smallest absolute Gasteiger partial charge is 0.257 e. The Kier molecular flexibility index (Phi) is 8.39. The molecule has 6 rings (SSSR count). The first-order valence-electron chi connectivity index (χ1n) is 14.2. The number of halogens is 2. The van der Waals surface area contributed by atoms with Crippen molar-refractivity contribution in [1.29, 1.82) is 0 Å². The number of rotatable bonds is 7. The molecule has 0 saturated carbocycles. The fourth-order valence-corrected chi connectivity index (χ4v) is 6.58. The third-order valence-electron chi connectivity index (χ3n) is 8.46. The quantitative estimate of drug-likeness (QED) is 0.302. The summed E-state index contributed by atoms with van der Waals surface area (Å²) < 4.78 is 40.5. The van der Waals surface area contributed by atoms with Crippen LogP contribution in [0.4, 0.5) is 8.78 Å². The van der Waals surface area contributed by atoms with Crippen molar-refractivity contribution in [2.45, 2.75) is 42.5 Å². The van der Waals surface area contributed by atoms with Gasteiger partial charge in [0.05, 0.1) is 34.5 Å². The maximum atomic E-state index is 13.9. The zero-order chi connectivity index (χ0) is 29.2. The van der Waals surface area contributed by atoms with Gasteiger partial charge in [0.1, 0.15) is 11.6 Å². The number of likely N-dealkylation sites (tertiary alicyclic amines) is 2. The number of hydrogen-bond donors (Lipinski definition) is 1. The molecule has 3 aromatic carbocycles. The molecule has 42 heavy (non-hydrogen) atoms. The summed E-state index contributed by atoms with van der Waals surface area (Å²) in [4.78, 5) is 18.8. The average Bonchev–Trinajstić information content (AvgIpc) is 3.67. The molecule has 2 N–H and O–H groups in total. The first-order valence-corrected chi connectivity index (χ1v) is 15.4. The van der Waals surface area contributed by atoms with Crippen molar-refractivity contribution in [3.05, 3.63) is 113 Å². The summed E-state index contributed by atoms with van der Waals surface area (Å²) in [6.07, 6.45) is 4.16. The standard InChI is InChI=1S/C32H33F2N5O2S/c33-26-5-3-23(4-6-26)25-15-18-38(21-25)32(40)30-19-36-39(28-9-7-27(34)8-10-28)31(30)24-13-16-37(17-14-24)20-22-1-11-29(12-2-22)42(35)41/h1-12,19,24-25H,13-18,20-21,35H2/t25-,42?/m0/s1. The third kappa shape index (κ3) is 6.12. The van der Waals surface area contributed by atoms with Crippen LogP contribution in [-0.4, -0.2) is 56.2 Å². The van der Waals surface area contributed by atoms with E-state index in [2.05, 4.69) is 10.00 Å². The lowest BCUT2D eigenvalue weighted by Gasteiger charge is -2.33. The van der Waals surface area contributed by atoms with E-state index >= 15 is 0 Å². The van der Waals surface area contributed by atoms with Crippen molar-refractivity contribution in [1.82, 2.24) is 19.6 Å². The van der Waals surface area contributed by atoms with Crippen LogP contribution in [0.25, 0.3) is 5.69 Å². The van der Waals surface area contributed by atoms with Crippen LogP contribution in [0.15, 0.2) is 83.9 Å². The van der Waals surface area contributed by atoms with Crippen molar-refractivity contribution < 1.29 is 18.1 Å². The van der Waals surface area contributed by atoms with E-state index in [1.807, 2.05) is 17.0 Å². The molecular weight excluding hydrogens is 556 g/mol. The lowest BCUT2D eigenvalue weighted by molar-refractivity contribution is 0.0788. The SMILES string of the molecule is N[S+]([O-])c1ccc(CN2CCC(c3c(C(=O)N4CC[C@H](c5ccc(F)cc5)C4)cnn3-c3ccc(F)cc3)CC2)cc1. The molecule has 2 aliphatic heterocycles. The van der Waals surface area contributed by atoms with E-state index < -0.39 is 11.4 Å². The van der Waals surface area contributed by atoms with Crippen molar-refractivity contribution in [3.63, 3.8) is 0 Å². The van der Waals surface area contributed by atoms with Crippen LogP contribution in [0, 0.1) is 11.6 Å². The molecule has 1 aromatic heterocycles. The highest BCUT2D eigenvalue weighted by atomic mass is 32.2. The van der Waals surface area contributed by atoms with Gasteiger partial charge in [0.25, 0.3) is 5.91 Å². The van der Waals surface area contributed by atoms with E-state index in [4.69, 9.17) is 5.14 Å². The van der Waals surface area contributed by atoms with Gasteiger partial charge in [-0.1, -0.05) is 24.3 Å². The maximum absolute atomic E-state index is 13.9. The molecule has 0 spiro atoms. The molecule has 0 bridgehead atoms. The van der Waals surface area contributed by atoms with Crippen molar-refractivity contribution in [2.75, 3.05) is 26.2 Å². The van der Waals surface area contributed by atoms with Gasteiger partial charge in [-0.25, -0.2) is 13.5 Å². The van der Waals surface area contributed by atoms with Crippen LogP contribution in [-0.2, 0) is 17.9 Å². The Balaban J connectivity index is 1.20. The van der Waals surface area contributed by atoms with E-state index in [1.165, 1.54) is 24.3 Å². The molecule has 4 aromatic rings. The van der Waals surface area contributed by atoms with Gasteiger partial charge >= 0.3 is 0 Å². The van der Waals surface area contributed by atoms with Crippen molar-refractivity contribution >= 4 is 17.3 Å². The Bertz CT molecular complexity index is 1520. The number of carbonyl (C=O) groups excluding carboxylic acids is 1. The van der Waals surface area contributed by atoms with Gasteiger partial charge in [-0.3, -0.25) is 9.69 Å². The fraction of sp³-hybridized carbons (Fsp3) is 0.312. The number of amides is 1. The highest BCUT2D eigenvalue weighted by molar-refractivity contribution is 7.89. The second-order valence-electron chi connectivity index (χ2n) is 11.1. The first kappa shape index (κ1) is 28.5. The second-order valence-corrected chi connectivity index (χ2v) is 12.2. The minimum atomic E-state index is -1.49. The Morgan fingerprint density at radius 3 is 2.14 bits per heavy atom. The summed E-state index contributed by atoms with van der Waals surface area (Å²) in [5.74, 6) is -0.386. The number of aromatic nitrogens is 2. The molecule has 2 atom stereocenters. The molecule has 2 fully saturated rings. The third-order valence-corrected chi connectivity index (χ3v) is 9.20. The normalized spacial score (nSPS) is 18.9. The van der Waals surface area contributed by atoms with Crippen LogP contribution in [0.2, 0.25) is 0 Å². The van der Waals surface area contributed by atoms with E-state index in [0.29, 0.717) is 23.5 Å². The highest BCUT2D eigenvalue weighted by Crippen LogP contribution is 2.35. The summed E-state index contributed by atoms with van der Waals surface area (Å²) >= 11 is -1.49. The van der Waals surface area contributed by atoms with Gasteiger partial charge in [-0.05, 0) is 92.0 Å². The lowest BCUT2D eigenvalue weighted by Crippen LogP contribution is -2.34. The molecule has 1 unspecified atom stereocenters. The van der Waals surface area contributed by atoms with E-state index in [9.17, 15) is 18.1 Å². The zero-order valence-corrected chi connectivity index (χ0v) is 24.0. The van der Waals surface area contributed by atoms with Gasteiger partial charge in [-0.2, -0.15) is 5.10 Å². The summed E-state index contributed by atoms with van der Waals surface area (Å²) in [6, 6.07) is 20.2. The van der Waals surface area contributed by atoms with Crippen molar-refractivity contribution in [3.8, 4) is 5.69 Å². The summed E-state index contributed by atoms with van der Waals surface area (Å²) in [5.41, 5.74) is 4.33. The summed E-state index contributed by atoms with van der Waals surface area (Å²) in [7, 11) is 0. The Morgan fingerprint density at radius 1 is 0.881 bits per heavy atom. The van der Waals surface area contributed by atoms with E-state index in [1.54, 1.807) is 47.3 Å². The minimum absolute atomic E-state index is 0.0530. The van der Waals surface area contributed by atoms with Crippen LogP contribution in [0.5, 0.6) is 0 Å². The number of hydrogen-bond acceptors (Lipinski definition) is 5. The zero-order valence-electron chi connectivity index (χ0n) is 23.2. The monoisotopic (exact) mass is 589 g/mol. The molecule has 10 heteroatoms. The predicted octanol–water partition coefficient (Wildman–Crippen LogP) is 5.14. The van der Waals surface area contributed by atoms with Gasteiger partial charge in [0.2, 0.25) is 0 Å². The lowest BCUT2D eigenvalue weighted by atomic mass is 9.90. The minimum Gasteiger partial charge on any atom is -0.593 e. The number of nitrogens with two attached hydrogens (primary N) is 1. The van der Waals surface area contributed by atoms with Gasteiger partial charge in [0.15, 0.2) is 4.90 Å². The Morgan fingerprint density at radius 2 is 1.50 bits per heavy atom. The maximum Gasteiger partial charge on any atom is 0.257 e. The first-order chi connectivity index (χ1) is 20.4. The van der Waals surface area contributed by atoms with Gasteiger partial charge in [0, 0.05) is 31.5 Å². The topological polar surface area (TPSA) is 90.4 Å². The fourth-order valence-electron chi connectivity index (χ4n) is 6.18. The molecule has 0 aliphatic carbocycles. The summed E-state index contributed by atoms with van der Waals surface area (Å²) in [6.45, 7) is 3.64. The molecule has 3 heterocycles. The van der Waals surface area contributed by atoms with Gasteiger partial charge < -0.3 is 9.45 Å². The van der Waals surface area contributed by atoms with Crippen molar-refractivity contribution in [2.24, 2.45) is 5.14 Å². The number of benzene rings is 3. The molecular formula is C32H33F2N5O2S. The molecule has 1 amide bonds. The predicted molar refractivity (Wildman–Crippen MR) is 157 cm³/mol. The van der Waals surface area contributed by atoms with Crippen LogP contribution in [0.1, 0.15) is 58.3 Å². The van der Waals surface area contributed by atoms with E-state index in [0.717, 1.165) is 61.4 Å². The highest BCUT2D eigenvalue weighted by Gasteiger charge is 2.34. The Hall–Kier alpha value is -3.57. The van der Waals surface area contributed by atoms with Crippen LogP contribution in [0.3, 0.4) is 0 Å². The molecule has 2 saturated heterocycles. The van der Waals surface area contributed by atoms with E-state index in [-0.39, 0.29) is 29.4 Å². The van der Waals surface area contributed by atoms with Crippen LogP contribution < -0.4 is 5.14 Å². The molecule has 218 valence electrons. The van der Waals surface area contributed by atoms with Crippen LogP contribution >= 0.6 is 0 Å². The average molecular weight is 590 g/mol. The number of piperidine rings is 1. The molecule has 7 nitrogen and oxygen atoms in total. The van der Waals surface area contributed by atoms with Gasteiger partial charge in [-0.15, -0.1) is 5.14 Å². The molecule has 2 aliphatic rings. The number of nitrogens with zero attached hydrogens (tertiary/aromatic N) is 4. The largest absolute Gasteiger partial charge is 0.593 e. The molecule has 0 radical (unpaired) electrons. The second kappa shape index (κ2) is 12.3.